The van der Waals surface area contributed by atoms with Crippen LogP contribution in [0.15, 0.2) is 36.9 Å². The van der Waals surface area contributed by atoms with E-state index in [2.05, 4.69) is 20.3 Å². The SMILES string of the molecule is C[C@H](Nc1ncc(F)c(N2C(=O)OC[C@@H]2CF)n1)c1cn(-c2ccc(Cl)c(F)c2)cn1. The lowest BCUT2D eigenvalue weighted by Crippen LogP contribution is -2.36. The van der Waals surface area contributed by atoms with Gasteiger partial charge in [0.1, 0.15) is 25.1 Å². The molecule has 1 aromatic carbocycles. The van der Waals surface area contributed by atoms with E-state index in [0.29, 0.717) is 11.4 Å². The Bertz CT molecular complexity index is 1130. The number of hydrogen-bond donors (Lipinski definition) is 1. The van der Waals surface area contributed by atoms with Gasteiger partial charge in [-0.3, -0.25) is 0 Å². The minimum absolute atomic E-state index is 0.00768. The topological polar surface area (TPSA) is 85.2 Å². The Balaban J connectivity index is 1.54. The van der Waals surface area contributed by atoms with Gasteiger partial charge in [0.25, 0.3) is 0 Å². The predicted octanol–water partition coefficient (Wildman–Crippen LogP) is 4.06. The number of carbonyl (C=O) groups is 1. The van der Waals surface area contributed by atoms with Crippen molar-refractivity contribution in [2.75, 3.05) is 23.5 Å². The molecule has 0 radical (unpaired) electrons. The predicted molar refractivity (Wildman–Crippen MR) is 106 cm³/mol. The molecule has 1 aliphatic heterocycles. The number of ether oxygens (including phenoxy) is 1. The van der Waals surface area contributed by atoms with E-state index in [1.807, 2.05) is 0 Å². The molecule has 2 aromatic heterocycles. The van der Waals surface area contributed by atoms with Crippen molar-refractivity contribution < 1.29 is 22.7 Å². The van der Waals surface area contributed by atoms with Gasteiger partial charge in [0.15, 0.2) is 11.6 Å². The summed E-state index contributed by atoms with van der Waals surface area (Å²) in [5, 5.41) is 2.96. The highest BCUT2D eigenvalue weighted by atomic mass is 35.5. The maximum atomic E-state index is 14.2. The molecular weight excluding hydrogens is 437 g/mol. The molecule has 3 aromatic rings. The highest BCUT2D eigenvalue weighted by Gasteiger charge is 2.37. The molecule has 0 saturated carbocycles. The van der Waals surface area contributed by atoms with Crippen molar-refractivity contribution in [3.8, 4) is 5.69 Å². The van der Waals surface area contributed by atoms with Crippen molar-refractivity contribution >= 4 is 29.5 Å². The van der Waals surface area contributed by atoms with E-state index in [0.717, 1.165) is 11.1 Å². The van der Waals surface area contributed by atoms with Crippen molar-refractivity contribution in [2.45, 2.75) is 19.0 Å². The average molecular weight is 453 g/mol. The smallest absolute Gasteiger partial charge is 0.416 e. The normalized spacial score (nSPS) is 17.0. The maximum Gasteiger partial charge on any atom is 0.416 e. The number of nitrogens with one attached hydrogen (secondary N) is 1. The number of halogens is 4. The lowest BCUT2D eigenvalue weighted by Gasteiger charge is -2.19. The first kappa shape index (κ1) is 20.9. The fourth-order valence-electron chi connectivity index (χ4n) is 3.05. The number of amides is 1. The summed E-state index contributed by atoms with van der Waals surface area (Å²) in [5.41, 5.74) is 1.09. The lowest BCUT2D eigenvalue weighted by atomic mass is 10.2. The molecule has 4 rings (SSSR count). The standard InChI is InChI=1S/C19H16ClF3N6O2/c1-10(16-7-28(9-25-16)11-2-3-13(20)14(22)4-11)26-18-24-6-15(23)17(27-18)29-12(5-21)8-31-19(29)30/h2-4,6-7,9-10,12H,5,8H2,1H3,(H,24,26,27)/t10-,12-/m0/s1. The Kier molecular flexibility index (Phi) is 5.68. The third-order valence-corrected chi connectivity index (χ3v) is 4.99. The fraction of sp³-hybridized carbons (Fsp3) is 0.263. The third kappa shape index (κ3) is 4.13. The van der Waals surface area contributed by atoms with E-state index in [1.54, 1.807) is 23.8 Å². The van der Waals surface area contributed by atoms with Crippen LogP contribution in [-0.2, 0) is 4.74 Å². The number of nitrogens with zero attached hydrogens (tertiary/aromatic N) is 5. The molecule has 1 N–H and O–H groups in total. The van der Waals surface area contributed by atoms with E-state index >= 15 is 0 Å². The van der Waals surface area contributed by atoms with Gasteiger partial charge in [0, 0.05) is 11.9 Å². The fourth-order valence-corrected chi connectivity index (χ4v) is 3.16. The zero-order valence-electron chi connectivity index (χ0n) is 16.1. The van der Waals surface area contributed by atoms with Gasteiger partial charge in [-0.2, -0.15) is 4.98 Å². The van der Waals surface area contributed by atoms with E-state index in [4.69, 9.17) is 16.3 Å². The van der Waals surface area contributed by atoms with E-state index in [1.165, 1.54) is 18.5 Å². The van der Waals surface area contributed by atoms with Gasteiger partial charge in [-0.05, 0) is 25.1 Å². The summed E-state index contributed by atoms with van der Waals surface area (Å²) in [4.78, 5) is 24.9. The van der Waals surface area contributed by atoms with Gasteiger partial charge in [-0.1, -0.05) is 11.6 Å². The van der Waals surface area contributed by atoms with Gasteiger partial charge in [-0.25, -0.2) is 32.8 Å². The number of imidazole rings is 1. The van der Waals surface area contributed by atoms with Crippen molar-refractivity contribution in [1.82, 2.24) is 19.5 Å². The Hall–Kier alpha value is -3.34. The minimum atomic E-state index is -0.961. The van der Waals surface area contributed by atoms with Gasteiger partial charge in [0.05, 0.1) is 29.3 Å². The maximum absolute atomic E-state index is 14.2. The summed E-state index contributed by atoms with van der Waals surface area (Å²) in [5.74, 6) is -1.81. The molecule has 0 aliphatic carbocycles. The second kappa shape index (κ2) is 8.42. The number of cyclic esters (lactones) is 1. The van der Waals surface area contributed by atoms with Crippen LogP contribution in [0.5, 0.6) is 0 Å². The first-order valence-corrected chi connectivity index (χ1v) is 9.55. The van der Waals surface area contributed by atoms with Crippen LogP contribution in [0.4, 0.5) is 29.7 Å². The van der Waals surface area contributed by atoms with Crippen molar-refractivity contribution in [1.29, 1.82) is 0 Å². The summed E-state index contributed by atoms with van der Waals surface area (Å²) in [6.07, 6.45) is 3.17. The van der Waals surface area contributed by atoms with Crippen molar-refractivity contribution in [3.63, 3.8) is 0 Å². The molecule has 1 saturated heterocycles. The number of aromatic nitrogens is 4. The quantitative estimate of drug-likeness (QED) is 0.607. The summed E-state index contributed by atoms with van der Waals surface area (Å²) in [7, 11) is 0. The van der Waals surface area contributed by atoms with E-state index in [-0.39, 0.29) is 23.4 Å². The molecule has 3 heterocycles. The van der Waals surface area contributed by atoms with Gasteiger partial charge in [-0.15, -0.1) is 0 Å². The van der Waals surface area contributed by atoms with Crippen LogP contribution in [0.3, 0.4) is 0 Å². The Labute approximate surface area is 179 Å². The molecule has 0 bridgehead atoms. The number of hydrogen-bond acceptors (Lipinski definition) is 6. The zero-order valence-corrected chi connectivity index (χ0v) is 16.9. The van der Waals surface area contributed by atoms with E-state index in [9.17, 15) is 18.0 Å². The number of anilines is 2. The van der Waals surface area contributed by atoms with Crippen molar-refractivity contribution in [3.05, 3.63) is 59.3 Å². The minimum Gasteiger partial charge on any atom is -0.447 e. The summed E-state index contributed by atoms with van der Waals surface area (Å²) < 4.78 is 47.5. The number of benzene rings is 1. The molecule has 12 heteroatoms. The van der Waals surface area contributed by atoms with E-state index < -0.39 is 36.5 Å². The zero-order chi connectivity index (χ0) is 22.1. The van der Waals surface area contributed by atoms with Crippen LogP contribution >= 0.6 is 11.6 Å². The van der Waals surface area contributed by atoms with Crippen LogP contribution < -0.4 is 10.2 Å². The van der Waals surface area contributed by atoms with Crippen LogP contribution in [-0.4, -0.2) is 44.9 Å². The highest BCUT2D eigenvalue weighted by Crippen LogP contribution is 2.26. The molecule has 1 aliphatic rings. The van der Waals surface area contributed by atoms with Gasteiger partial charge in [0.2, 0.25) is 5.95 Å². The summed E-state index contributed by atoms with van der Waals surface area (Å²) >= 11 is 5.71. The van der Waals surface area contributed by atoms with Crippen LogP contribution in [0, 0.1) is 11.6 Å². The average Bonchev–Trinajstić information content (AvgIpc) is 3.38. The molecular formula is C19H16ClF3N6O2. The second-order valence-electron chi connectivity index (χ2n) is 6.79. The number of carbonyl (C=O) groups excluding carboxylic acids is 1. The molecule has 1 fully saturated rings. The number of rotatable bonds is 6. The monoisotopic (exact) mass is 452 g/mol. The molecule has 2 atom stereocenters. The molecule has 0 spiro atoms. The second-order valence-corrected chi connectivity index (χ2v) is 7.20. The van der Waals surface area contributed by atoms with Crippen LogP contribution in [0.25, 0.3) is 5.69 Å². The molecule has 1 amide bonds. The molecule has 0 unspecified atom stereocenters. The van der Waals surface area contributed by atoms with Crippen LogP contribution in [0.2, 0.25) is 5.02 Å². The van der Waals surface area contributed by atoms with Crippen molar-refractivity contribution in [2.24, 2.45) is 0 Å². The molecule has 31 heavy (non-hydrogen) atoms. The summed E-state index contributed by atoms with van der Waals surface area (Å²) in [6, 6.07) is 2.96. The Morgan fingerprint density at radius 1 is 1.32 bits per heavy atom. The molecule has 8 nitrogen and oxygen atoms in total. The summed E-state index contributed by atoms with van der Waals surface area (Å²) in [6.45, 7) is 0.660. The largest absolute Gasteiger partial charge is 0.447 e. The third-order valence-electron chi connectivity index (χ3n) is 4.69. The van der Waals surface area contributed by atoms with Gasteiger partial charge >= 0.3 is 6.09 Å². The highest BCUT2D eigenvalue weighted by molar-refractivity contribution is 6.30. The van der Waals surface area contributed by atoms with Gasteiger partial charge < -0.3 is 14.6 Å². The first-order valence-electron chi connectivity index (χ1n) is 9.17. The number of alkyl halides is 1. The Morgan fingerprint density at radius 3 is 2.87 bits per heavy atom. The first-order chi connectivity index (χ1) is 14.9. The molecule has 162 valence electrons. The Morgan fingerprint density at radius 2 is 2.13 bits per heavy atom. The lowest BCUT2D eigenvalue weighted by molar-refractivity contribution is 0.177. The van der Waals surface area contributed by atoms with Crippen LogP contribution in [0.1, 0.15) is 18.7 Å².